The van der Waals surface area contributed by atoms with Crippen LogP contribution in [0.3, 0.4) is 0 Å². The molecule has 2 rings (SSSR count). The average Bonchev–Trinajstić information content (AvgIpc) is 2.55. The highest BCUT2D eigenvalue weighted by Crippen LogP contribution is 2.26. The number of methoxy groups -OCH3 is 1. The van der Waals surface area contributed by atoms with E-state index in [-0.39, 0.29) is 6.04 Å². The van der Waals surface area contributed by atoms with Crippen LogP contribution >= 0.6 is 0 Å². The van der Waals surface area contributed by atoms with Crippen molar-refractivity contribution in [3.8, 4) is 5.75 Å². The van der Waals surface area contributed by atoms with E-state index < -0.39 is 0 Å². The third kappa shape index (κ3) is 4.56. The van der Waals surface area contributed by atoms with E-state index >= 15 is 0 Å². The molecule has 0 fully saturated rings. The number of nitrogens with two attached hydrogens (primary N) is 1. The van der Waals surface area contributed by atoms with Crippen molar-refractivity contribution in [2.75, 3.05) is 24.7 Å². The van der Waals surface area contributed by atoms with Gasteiger partial charge in [0.25, 0.3) is 0 Å². The Labute approximate surface area is 137 Å². The molecule has 2 aromatic rings. The second-order valence-corrected chi connectivity index (χ2v) is 5.56. The number of hydrogen-bond donors (Lipinski definition) is 3. The maximum Gasteiger partial charge on any atom is 0.229 e. The summed E-state index contributed by atoms with van der Waals surface area (Å²) in [5, 5.41) is 6.66. The molecule has 1 aromatic heterocycles. The number of rotatable bonds is 7. The van der Waals surface area contributed by atoms with Crippen molar-refractivity contribution >= 4 is 17.5 Å². The molecule has 0 radical (unpaired) electrons. The van der Waals surface area contributed by atoms with Gasteiger partial charge in [-0.3, -0.25) is 0 Å². The number of nitrogen functional groups attached to an aromatic ring is 1. The zero-order valence-corrected chi connectivity index (χ0v) is 14.2. The lowest BCUT2D eigenvalue weighted by atomic mass is 10.1. The Morgan fingerprint density at radius 2 is 2.09 bits per heavy atom. The predicted molar refractivity (Wildman–Crippen MR) is 94.2 cm³/mol. The standard InChI is InChI=1S/C17H25N5O/c1-5-6-19-12(3)13-7-14(9-15(8-13)23-4)21-17-20-10-11(2)16(18)22-17/h7-10,12,19H,5-6H2,1-4H3,(H3,18,20,21,22). The van der Waals surface area contributed by atoms with Gasteiger partial charge in [0.2, 0.25) is 5.95 Å². The van der Waals surface area contributed by atoms with Gasteiger partial charge in [-0.2, -0.15) is 4.98 Å². The minimum absolute atomic E-state index is 0.231. The molecular weight excluding hydrogens is 290 g/mol. The summed E-state index contributed by atoms with van der Waals surface area (Å²) in [6.07, 6.45) is 2.80. The molecule has 0 spiro atoms. The predicted octanol–water partition coefficient (Wildman–Crippen LogP) is 3.18. The Bertz CT molecular complexity index is 659. The van der Waals surface area contributed by atoms with Crippen molar-refractivity contribution in [3.63, 3.8) is 0 Å². The molecule has 0 aliphatic carbocycles. The molecular formula is C17H25N5O. The number of nitrogens with one attached hydrogen (secondary N) is 2. The third-order valence-electron chi connectivity index (χ3n) is 3.63. The maximum absolute atomic E-state index is 5.84. The van der Waals surface area contributed by atoms with Crippen LogP contribution in [0.1, 0.15) is 37.4 Å². The van der Waals surface area contributed by atoms with Gasteiger partial charge in [-0.25, -0.2) is 4.98 Å². The summed E-state index contributed by atoms with van der Waals surface area (Å²) in [5.74, 6) is 1.74. The fourth-order valence-corrected chi connectivity index (χ4v) is 2.19. The first-order valence-electron chi connectivity index (χ1n) is 7.82. The second kappa shape index (κ2) is 7.78. The highest BCUT2D eigenvalue weighted by atomic mass is 16.5. The van der Waals surface area contributed by atoms with E-state index in [9.17, 15) is 0 Å². The molecule has 0 aliphatic rings. The van der Waals surface area contributed by atoms with E-state index in [0.29, 0.717) is 11.8 Å². The van der Waals surface area contributed by atoms with Gasteiger partial charge in [-0.1, -0.05) is 6.92 Å². The average molecular weight is 315 g/mol. The molecule has 6 nitrogen and oxygen atoms in total. The van der Waals surface area contributed by atoms with E-state index in [4.69, 9.17) is 10.5 Å². The zero-order valence-electron chi connectivity index (χ0n) is 14.2. The lowest BCUT2D eigenvalue weighted by Crippen LogP contribution is -2.19. The van der Waals surface area contributed by atoms with E-state index in [0.717, 1.165) is 35.5 Å². The van der Waals surface area contributed by atoms with Crippen molar-refractivity contribution < 1.29 is 4.74 Å². The van der Waals surface area contributed by atoms with Crippen LogP contribution < -0.4 is 21.1 Å². The highest BCUT2D eigenvalue weighted by Gasteiger charge is 2.09. The fourth-order valence-electron chi connectivity index (χ4n) is 2.19. The van der Waals surface area contributed by atoms with Gasteiger partial charge in [-0.15, -0.1) is 0 Å². The number of nitrogens with zero attached hydrogens (tertiary/aromatic N) is 2. The largest absolute Gasteiger partial charge is 0.497 e. The summed E-state index contributed by atoms with van der Waals surface area (Å²) < 4.78 is 5.40. The molecule has 0 amide bonds. The van der Waals surface area contributed by atoms with Crippen LogP contribution in [0.25, 0.3) is 0 Å². The van der Waals surface area contributed by atoms with E-state index in [1.54, 1.807) is 13.3 Å². The van der Waals surface area contributed by atoms with Crippen molar-refractivity contribution in [2.24, 2.45) is 0 Å². The normalized spacial score (nSPS) is 12.0. The summed E-state index contributed by atoms with van der Waals surface area (Å²) in [5.41, 5.74) is 8.71. The number of aromatic nitrogens is 2. The molecule has 1 unspecified atom stereocenters. The Morgan fingerprint density at radius 3 is 2.74 bits per heavy atom. The molecule has 0 bridgehead atoms. The number of ether oxygens (including phenoxy) is 1. The van der Waals surface area contributed by atoms with Crippen molar-refractivity contribution in [1.82, 2.24) is 15.3 Å². The SMILES string of the molecule is CCCNC(C)c1cc(Nc2ncc(C)c(N)n2)cc(OC)c1. The van der Waals surface area contributed by atoms with Crippen LogP contribution in [0.5, 0.6) is 5.75 Å². The molecule has 1 aromatic carbocycles. The third-order valence-corrected chi connectivity index (χ3v) is 3.63. The Hall–Kier alpha value is -2.34. The number of aryl methyl sites for hydroxylation is 1. The Kier molecular flexibility index (Phi) is 5.76. The molecule has 0 saturated heterocycles. The summed E-state index contributed by atoms with van der Waals surface area (Å²) >= 11 is 0. The van der Waals surface area contributed by atoms with Crippen LogP contribution in [0.15, 0.2) is 24.4 Å². The van der Waals surface area contributed by atoms with Gasteiger partial charge >= 0.3 is 0 Å². The van der Waals surface area contributed by atoms with Crippen LogP contribution in [-0.2, 0) is 0 Å². The zero-order chi connectivity index (χ0) is 16.8. The van der Waals surface area contributed by atoms with Crippen LogP contribution in [0.4, 0.5) is 17.5 Å². The summed E-state index contributed by atoms with van der Waals surface area (Å²) in [6, 6.07) is 6.24. The van der Waals surface area contributed by atoms with Gasteiger partial charge in [0.15, 0.2) is 0 Å². The van der Waals surface area contributed by atoms with Gasteiger partial charge in [0.05, 0.1) is 7.11 Å². The van der Waals surface area contributed by atoms with Gasteiger partial charge < -0.3 is 21.1 Å². The van der Waals surface area contributed by atoms with E-state index in [2.05, 4.69) is 40.5 Å². The summed E-state index contributed by atoms with van der Waals surface area (Å²) in [6.45, 7) is 7.13. The van der Waals surface area contributed by atoms with Gasteiger partial charge in [0.1, 0.15) is 11.6 Å². The van der Waals surface area contributed by atoms with Crippen LogP contribution in [0, 0.1) is 6.92 Å². The fraction of sp³-hybridized carbons (Fsp3) is 0.412. The van der Waals surface area contributed by atoms with Gasteiger partial charge in [-0.05, 0) is 44.5 Å². The topological polar surface area (TPSA) is 85.1 Å². The first-order chi connectivity index (χ1) is 11.0. The molecule has 23 heavy (non-hydrogen) atoms. The summed E-state index contributed by atoms with van der Waals surface area (Å²) in [7, 11) is 1.66. The number of benzene rings is 1. The number of anilines is 3. The Morgan fingerprint density at radius 1 is 1.30 bits per heavy atom. The van der Waals surface area contributed by atoms with E-state index in [1.807, 2.05) is 19.1 Å². The summed E-state index contributed by atoms with van der Waals surface area (Å²) in [4.78, 5) is 8.50. The van der Waals surface area contributed by atoms with Crippen LogP contribution in [0.2, 0.25) is 0 Å². The first-order valence-corrected chi connectivity index (χ1v) is 7.82. The first kappa shape index (κ1) is 17.0. The molecule has 1 heterocycles. The molecule has 1 atom stereocenters. The van der Waals surface area contributed by atoms with Gasteiger partial charge in [0, 0.05) is 29.6 Å². The number of hydrogen-bond acceptors (Lipinski definition) is 6. The quantitative estimate of drug-likeness (QED) is 0.727. The second-order valence-electron chi connectivity index (χ2n) is 5.56. The van der Waals surface area contributed by atoms with Crippen molar-refractivity contribution in [2.45, 2.75) is 33.2 Å². The molecule has 4 N–H and O–H groups in total. The molecule has 0 saturated carbocycles. The minimum Gasteiger partial charge on any atom is -0.497 e. The molecule has 124 valence electrons. The molecule has 6 heteroatoms. The Balaban J connectivity index is 2.24. The van der Waals surface area contributed by atoms with Crippen molar-refractivity contribution in [1.29, 1.82) is 0 Å². The van der Waals surface area contributed by atoms with Crippen LogP contribution in [-0.4, -0.2) is 23.6 Å². The monoisotopic (exact) mass is 315 g/mol. The minimum atomic E-state index is 0.231. The smallest absolute Gasteiger partial charge is 0.229 e. The lowest BCUT2D eigenvalue weighted by Gasteiger charge is -2.17. The molecule has 0 aliphatic heterocycles. The van der Waals surface area contributed by atoms with Crippen molar-refractivity contribution in [3.05, 3.63) is 35.5 Å². The van der Waals surface area contributed by atoms with E-state index in [1.165, 1.54) is 0 Å². The maximum atomic E-state index is 5.84. The highest BCUT2D eigenvalue weighted by molar-refractivity contribution is 5.59. The lowest BCUT2D eigenvalue weighted by molar-refractivity contribution is 0.413.